The number of hydrogen-bond donors (Lipinski definition) is 3. The number of para-hydroxylation sites is 1. The zero-order chi connectivity index (χ0) is 28.3. The van der Waals surface area contributed by atoms with Crippen LogP contribution in [-0.2, 0) is 16.2 Å². The molecule has 10 nitrogen and oxygen atoms in total. The molecule has 4 N–H and O–H groups in total. The zero-order valence-electron chi connectivity index (χ0n) is 21.9. The number of imidazole rings is 1. The second-order valence-electron chi connectivity index (χ2n) is 9.50. The number of fused-ring (bicyclic) bond motifs is 1. The van der Waals surface area contributed by atoms with Gasteiger partial charge in [0.15, 0.2) is 9.86 Å². The molecule has 0 bridgehead atoms. The first-order chi connectivity index (χ1) is 20.0. The van der Waals surface area contributed by atoms with Gasteiger partial charge >= 0.3 is 0 Å². The average Bonchev–Trinajstić information content (AvgIpc) is 3.59. The third kappa shape index (κ3) is 5.94. The summed E-state index contributed by atoms with van der Waals surface area (Å²) in [5.41, 5.74) is 9.10. The van der Waals surface area contributed by atoms with E-state index in [1.807, 2.05) is 50.6 Å². The number of halogens is 1. The summed E-state index contributed by atoms with van der Waals surface area (Å²) < 4.78 is 17.2. The first-order valence-electron chi connectivity index (χ1n) is 13.1. The maximum atomic E-state index is 13.2. The highest BCUT2D eigenvalue weighted by Crippen LogP contribution is 2.37. The summed E-state index contributed by atoms with van der Waals surface area (Å²) in [6.45, 7) is 1.21. The molecule has 1 aliphatic heterocycles. The lowest BCUT2D eigenvalue weighted by Crippen LogP contribution is -2.45. The first-order valence-corrected chi connectivity index (χ1v) is 15.4. The van der Waals surface area contributed by atoms with Crippen molar-refractivity contribution in [2.24, 2.45) is 5.73 Å². The van der Waals surface area contributed by atoms with Gasteiger partial charge < -0.3 is 20.9 Å². The van der Waals surface area contributed by atoms with E-state index in [-0.39, 0.29) is 18.5 Å². The smallest absolute Gasteiger partial charge is 0.238 e. The van der Waals surface area contributed by atoms with Crippen molar-refractivity contribution in [3.8, 4) is 22.6 Å². The number of rotatable bonds is 8. The molecule has 0 spiro atoms. The fourth-order valence-corrected chi connectivity index (χ4v) is 6.99. The highest BCUT2D eigenvalue weighted by molar-refractivity contribution is 7.89. The van der Waals surface area contributed by atoms with Crippen LogP contribution in [0.1, 0.15) is 12.8 Å². The Hall–Kier alpha value is -3.52. The van der Waals surface area contributed by atoms with Crippen molar-refractivity contribution in [2.45, 2.75) is 23.8 Å². The number of benzene rings is 2. The van der Waals surface area contributed by atoms with Gasteiger partial charge in [-0.25, -0.2) is 15.0 Å². The van der Waals surface area contributed by atoms with E-state index in [1.165, 1.54) is 11.3 Å². The number of nitrogens with one attached hydrogen (secondary N) is 2. The Morgan fingerprint density at radius 3 is 2.83 bits per heavy atom. The van der Waals surface area contributed by atoms with E-state index in [4.69, 9.17) is 27.3 Å². The molecule has 1 aliphatic rings. The van der Waals surface area contributed by atoms with Gasteiger partial charge in [0.05, 0.1) is 35.8 Å². The van der Waals surface area contributed by atoms with Crippen molar-refractivity contribution in [3.63, 3.8) is 0 Å². The molecule has 6 rings (SSSR count). The maximum Gasteiger partial charge on any atom is 0.238 e. The quantitative estimate of drug-likeness (QED) is 0.217. The maximum absolute atomic E-state index is 13.2. The van der Waals surface area contributed by atoms with Crippen LogP contribution in [0.25, 0.3) is 27.6 Å². The van der Waals surface area contributed by atoms with E-state index < -0.39 is 11.4 Å². The third-order valence-electron chi connectivity index (χ3n) is 6.77. The number of hydrogen-bond acceptors (Lipinski definition) is 9. The van der Waals surface area contributed by atoms with Gasteiger partial charge in [-0.3, -0.25) is 9.20 Å². The van der Waals surface area contributed by atoms with Crippen LogP contribution >= 0.6 is 22.9 Å². The summed E-state index contributed by atoms with van der Waals surface area (Å²) in [6, 6.07) is 16.5. The molecule has 0 aliphatic carbocycles. The lowest BCUT2D eigenvalue weighted by atomic mass is 10.1. The number of carbonyl (C=O) groups is 1. The molecule has 2 aromatic carbocycles. The van der Waals surface area contributed by atoms with Gasteiger partial charge in [0.1, 0.15) is 11.4 Å². The van der Waals surface area contributed by atoms with E-state index in [2.05, 4.69) is 15.6 Å². The molecular weight excluding hydrogens is 580 g/mol. The number of carbonyl (C=O) groups excluding carboxylic acids is 1. The van der Waals surface area contributed by atoms with Gasteiger partial charge in [-0.15, -0.1) is 15.6 Å². The third-order valence-corrected chi connectivity index (χ3v) is 9.25. The molecule has 0 saturated carbocycles. The van der Waals surface area contributed by atoms with Gasteiger partial charge in [0.2, 0.25) is 11.9 Å². The van der Waals surface area contributed by atoms with Crippen molar-refractivity contribution in [2.75, 3.05) is 30.3 Å². The molecule has 1 unspecified atom stereocenters. The lowest BCUT2D eigenvalue weighted by Gasteiger charge is -2.32. The van der Waals surface area contributed by atoms with Crippen LogP contribution in [0.2, 0.25) is 5.02 Å². The normalized spacial score (nSPS) is 16.5. The number of nitrogens with two attached hydrogens (primary N) is 1. The number of nitrogens with zero attached hydrogens (tertiary/aromatic N) is 5. The van der Waals surface area contributed by atoms with Crippen LogP contribution in [0, 0.1) is 0 Å². The summed E-state index contributed by atoms with van der Waals surface area (Å²) in [6.07, 6.45) is 5.47. The number of aromatic nitrogens is 4. The van der Waals surface area contributed by atoms with Crippen LogP contribution in [-0.4, -0.2) is 59.8 Å². The largest absolute Gasteiger partial charge is 0.593 e. The monoisotopic (exact) mass is 606 g/mol. The Balaban J connectivity index is 1.28. The molecule has 5 aromatic rings. The minimum absolute atomic E-state index is 0.0218. The number of piperidine rings is 1. The van der Waals surface area contributed by atoms with E-state index in [9.17, 15) is 9.35 Å². The highest BCUT2D eigenvalue weighted by Gasteiger charge is 2.30. The molecule has 41 heavy (non-hydrogen) atoms. The average molecular weight is 607 g/mol. The summed E-state index contributed by atoms with van der Waals surface area (Å²) in [5, 5.41) is 8.92. The molecule has 1 saturated heterocycles. The van der Waals surface area contributed by atoms with Crippen LogP contribution in [0.3, 0.4) is 0 Å². The second-order valence-corrected chi connectivity index (χ2v) is 12.3. The van der Waals surface area contributed by atoms with E-state index in [0.717, 1.165) is 40.5 Å². The van der Waals surface area contributed by atoms with Crippen molar-refractivity contribution in [1.82, 2.24) is 23.7 Å². The van der Waals surface area contributed by atoms with Gasteiger partial charge in [0, 0.05) is 40.9 Å². The Kier molecular flexibility index (Phi) is 8.19. The molecule has 3 aromatic heterocycles. The summed E-state index contributed by atoms with van der Waals surface area (Å²) in [4.78, 5) is 27.9. The summed E-state index contributed by atoms with van der Waals surface area (Å²) >= 11 is 6.24. The molecule has 1 amide bonds. The Bertz CT molecular complexity index is 1680. The number of anilines is 2. The molecule has 0 radical (unpaired) electrons. The minimum Gasteiger partial charge on any atom is -0.593 e. The Morgan fingerprint density at radius 1 is 1.17 bits per heavy atom. The van der Waals surface area contributed by atoms with E-state index >= 15 is 0 Å². The zero-order valence-corrected chi connectivity index (χ0v) is 24.3. The minimum atomic E-state index is -1.28. The van der Waals surface area contributed by atoms with Crippen LogP contribution in [0.15, 0.2) is 77.3 Å². The van der Waals surface area contributed by atoms with Gasteiger partial charge in [-0.2, -0.15) is 0 Å². The van der Waals surface area contributed by atoms with Gasteiger partial charge in [0.25, 0.3) is 0 Å². The predicted molar refractivity (Wildman–Crippen MR) is 163 cm³/mol. The molecule has 1 fully saturated rings. The molecule has 210 valence electrons. The standard InChI is InChI=1S/C28H27ClN8O2S2/c29-18-7-9-20(10-8-18)41(39)36-13-3-4-19(17-36)32-27-31-12-11-23(34-27)26-25(35-28-37(26)14-15-40-28)21-5-1-2-6-22(21)33-24(38)16-30/h1-2,5-12,14-15,19H,3-4,13,16-17,30H2,(H,33,38)(H,31,32,34)/t19-,41?/m1/s1. The van der Waals surface area contributed by atoms with Crippen molar-refractivity contribution < 1.29 is 9.35 Å². The van der Waals surface area contributed by atoms with E-state index in [1.54, 1.807) is 30.5 Å². The molecule has 13 heteroatoms. The summed E-state index contributed by atoms with van der Waals surface area (Å²) in [7, 11) is 0. The SMILES string of the molecule is NCC(=O)Nc1ccccc1-c1nc2sccn2c1-c1ccnc(N[C@@H]2CCCN([S+]([O-])c3ccc(Cl)cc3)C2)n1. The first kappa shape index (κ1) is 27.6. The fraction of sp³-hybridized carbons (Fsp3) is 0.214. The van der Waals surface area contributed by atoms with Crippen LogP contribution < -0.4 is 16.4 Å². The van der Waals surface area contributed by atoms with Crippen molar-refractivity contribution >= 4 is 56.8 Å². The highest BCUT2D eigenvalue weighted by atomic mass is 35.5. The van der Waals surface area contributed by atoms with E-state index in [0.29, 0.717) is 34.6 Å². The molecular formula is C28H27ClN8O2S2. The predicted octanol–water partition coefficient (Wildman–Crippen LogP) is 4.67. The number of amides is 1. The topological polar surface area (TPSA) is 137 Å². The van der Waals surface area contributed by atoms with Crippen LogP contribution in [0.4, 0.5) is 11.6 Å². The van der Waals surface area contributed by atoms with Gasteiger partial charge in [-0.05, 0) is 49.2 Å². The van der Waals surface area contributed by atoms with Crippen LogP contribution in [0.5, 0.6) is 0 Å². The number of thiazole rings is 1. The second kappa shape index (κ2) is 12.1. The molecule has 2 atom stereocenters. The van der Waals surface area contributed by atoms with Crippen molar-refractivity contribution in [1.29, 1.82) is 0 Å². The molecule has 4 heterocycles. The van der Waals surface area contributed by atoms with Gasteiger partial charge in [-0.1, -0.05) is 29.8 Å². The Labute approximate surface area is 248 Å². The Morgan fingerprint density at radius 2 is 2.00 bits per heavy atom. The van der Waals surface area contributed by atoms with Crippen molar-refractivity contribution in [3.05, 3.63) is 77.4 Å². The summed E-state index contributed by atoms with van der Waals surface area (Å²) in [5.74, 6) is 0.194. The fourth-order valence-electron chi connectivity index (χ4n) is 4.87. The lowest BCUT2D eigenvalue weighted by molar-refractivity contribution is -0.114.